The molecule has 2 aromatic carbocycles. The van der Waals surface area contributed by atoms with Crippen molar-refractivity contribution in [3.8, 4) is 17.1 Å². The van der Waals surface area contributed by atoms with Crippen molar-refractivity contribution in [3.63, 3.8) is 0 Å². The molecule has 0 aliphatic rings. The molecule has 0 bridgehead atoms. The molecule has 0 N–H and O–H groups in total. The number of thioether (sulfide) groups is 1. The summed E-state index contributed by atoms with van der Waals surface area (Å²) < 4.78 is 31.0. The van der Waals surface area contributed by atoms with Crippen molar-refractivity contribution >= 4 is 21.8 Å². The average Bonchev–Trinajstić information content (AvgIpc) is 3.12. The summed E-state index contributed by atoms with van der Waals surface area (Å²) in [5.41, 5.74) is 1.82. The molecule has 0 fully saturated rings. The second kappa shape index (κ2) is 7.92. The van der Waals surface area contributed by atoms with Gasteiger partial charge in [-0.2, -0.15) is 4.98 Å². The highest BCUT2D eigenvalue weighted by atomic mass is 32.2. The largest absolute Gasteiger partial charge is 0.497 e. The third-order valence-corrected chi connectivity index (χ3v) is 6.36. The van der Waals surface area contributed by atoms with Gasteiger partial charge in [-0.05, 0) is 36.8 Å². The van der Waals surface area contributed by atoms with Crippen molar-refractivity contribution in [2.45, 2.75) is 17.8 Å². The number of aromatic nitrogens is 3. The van der Waals surface area contributed by atoms with Gasteiger partial charge in [0, 0.05) is 11.3 Å². The number of nitrogens with zero attached hydrogens (tertiary/aromatic N) is 3. The molecule has 26 heavy (non-hydrogen) atoms. The third kappa shape index (κ3) is 4.08. The molecule has 8 heteroatoms. The van der Waals surface area contributed by atoms with Gasteiger partial charge in [-0.1, -0.05) is 42.1 Å². The fraction of sp³-hybridized carbons (Fsp3) is 0.222. The van der Waals surface area contributed by atoms with E-state index in [4.69, 9.17) is 4.74 Å². The smallest absolute Gasteiger partial charge is 0.256 e. The van der Waals surface area contributed by atoms with Gasteiger partial charge in [0.15, 0.2) is 5.82 Å². The Labute approximate surface area is 157 Å². The third-order valence-electron chi connectivity index (χ3n) is 3.74. The zero-order valence-electron chi connectivity index (χ0n) is 14.5. The van der Waals surface area contributed by atoms with Gasteiger partial charge >= 0.3 is 0 Å². The summed E-state index contributed by atoms with van der Waals surface area (Å²) in [6, 6.07) is 17.0. The molecule has 0 aliphatic heterocycles. The molecule has 0 aliphatic carbocycles. The van der Waals surface area contributed by atoms with Crippen LogP contribution in [0.3, 0.4) is 0 Å². The van der Waals surface area contributed by atoms with Crippen LogP contribution in [0.4, 0.5) is 0 Å². The molecule has 136 valence electrons. The molecule has 0 atom stereocenters. The Morgan fingerprint density at radius 1 is 1.08 bits per heavy atom. The lowest BCUT2D eigenvalue weighted by atomic mass is 10.2. The van der Waals surface area contributed by atoms with Gasteiger partial charge in [-0.25, -0.2) is 8.42 Å². The minimum absolute atomic E-state index is 0.0443. The van der Waals surface area contributed by atoms with Crippen molar-refractivity contribution in [3.05, 3.63) is 60.2 Å². The number of methoxy groups -OCH3 is 1. The number of hydrogen-bond acceptors (Lipinski definition) is 6. The van der Waals surface area contributed by atoms with Crippen molar-refractivity contribution in [1.29, 1.82) is 0 Å². The van der Waals surface area contributed by atoms with E-state index in [1.165, 1.54) is 11.8 Å². The van der Waals surface area contributed by atoms with Crippen molar-refractivity contribution in [1.82, 2.24) is 14.2 Å². The highest BCUT2D eigenvalue weighted by Gasteiger charge is 2.21. The highest BCUT2D eigenvalue weighted by Crippen LogP contribution is 2.27. The first kappa shape index (κ1) is 18.5. The van der Waals surface area contributed by atoms with Gasteiger partial charge in [-0.3, -0.25) is 0 Å². The maximum absolute atomic E-state index is 12.4. The lowest BCUT2D eigenvalue weighted by Gasteiger charge is -2.04. The molecular weight excluding hydrogens is 370 g/mol. The van der Waals surface area contributed by atoms with E-state index in [0.717, 1.165) is 15.2 Å². The van der Waals surface area contributed by atoms with Gasteiger partial charge in [0.1, 0.15) is 5.75 Å². The van der Waals surface area contributed by atoms with E-state index in [-0.39, 0.29) is 5.75 Å². The molecule has 1 heterocycles. The Morgan fingerprint density at radius 2 is 1.77 bits per heavy atom. The maximum atomic E-state index is 12.4. The number of ether oxygens (including phenoxy) is 1. The van der Waals surface area contributed by atoms with E-state index in [2.05, 4.69) is 10.1 Å². The first-order valence-electron chi connectivity index (χ1n) is 8.05. The van der Waals surface area contributed by atoms with Crippen LogP contribution in [0.15, 0.2) is 59.8 Å². The molecule has 0 saturated heterocycles. The molecule has 0 amide bonds. The number of rotatable bonds is 7. The fourth-order valence-electron chi connectivity index (χ4n) is 2.26. The summed E-state index contributed by atoms with van der Waals surface area (Å²) in [6.07, 6.45) is 0. The second-order valence-corrected chi connectivity index (χ2v) is 8.49. The van der Waals surface area contributed by atoms with E-state index < -0.39 is 10.0 Å². The van der Waals surface area contributed by atoms with Gasteiger partial charge in [0.2, 0.25) is 5.16 Å². The minimum atomic E-state index is -3.54. The molecule has 3 rings (SSSR count). The minimum Gasteiger partial charge on any atom is -0.497 e. The van der Waals surface area contributed by atoms with Crippen LogP contribution in [0.5, 0.6) is 5.75 Å². The van der Waals surface area contributed by atoms with Crippen LogP contribution in [0.1, 0.15) is 12.5 Å². The molecule has 1 aromatic heterocycles. The highest BCUT2D eigenvalue weighted by molar-refractivity contribution is 7.99. The Hall–Kier alpha value is -2.32. The Balaban J connectivity index is 1.94. The Bertz CT molecular complexity index is 969. The summed E-state index contributed by atoms with van der Waals surface area (Å²) in [4.78, 5) is 4.46. The van der Waals surface area contributed by atoms with E-state index in [0.29, 0.717) is 22.5 Å². The summed E-state index contributed by atoms with van der Waals surface area (Å²) in [5.74, 6) is 1.66. The normalized spacial score (nSPS) is 11.5. The lowest BCUT2D eigenvalue weighted by molar-refractivity contribution is 0.415. The van der Waals surface area contributed by atoms with Crippen LogP contribution in [0, 0.1) is 0 Å². The van der Waals surface area contributed by atoms with Crippen LogP contribution in [0.25, 0.3) is 11.4 Å². The molecule has 3 aromatic rings. The van der Waals surface area contributed by atoms with Gasteiger partial charge in [0.05, 0.1) is 12.9 Å². The molecular formula is C18H19N3O3S2. The Kier molecular flexibility index (Phi) is 5.63. The fourth-order valence-corrected chi connectivity index (χ4v) is 4.27. The zero-order chi connectivity index (χ0) is 18.6. The predicted octanol–water partition coefficient (Wildman–Crippen LogP) is 3.44. The summed E-state index contributed by atoms with van der Waals surface area (Å²) in [5, 5.41) is 4.61. The van der Waals surface area contributed by atoms with Crippen LogP contribution in [-0.2, 0) is 15.8 Å². The van der Waals surface area contributed by atoms with Gasteiger partial charge in [0.25, 0.3) is 10.0 Å². The average molecular weight is 390 g/mol. The van der Waals surface area contributed by atoms with Crippen LogP contribution in [-0.4, -0.2) is 35.5 Å². The van der Waals surface area contributed by atoms with E-state index in [1.54, 1.807) is 26.2 Å². The number of hydrogen-bond donors (Lipinski definition) is 0. The quantitative estimate of drug-likeness (QED) is 0.576. The molecule has 0 saturated carbocycles. The van der Waals surface area contributed by atoms with E-state index in [1.807, 2.05) is 42.5 Å². The SMILES string of the molecule is CCS(=O)(=O)n1nc(-c2ccc(OC)cc2)nc1SCc1ccccc1. The predicted molar refractivity (Wildman–Crippen MR) is 103 cm³/mol. The van der Waals surface area contributed by atoms with Gasteiger partial charge < -0.3 is 4.74 Å². The van der Waals surface area contributed by atoms with Gasteiger partial charge in [-0.15, -0.1) is 9.19 Å². The summed E-state index contributed by atoms with van der Waals surface area (Å²) in [6.45, 7) is 1.59. The Morgan fingerprint density at radius 3 is 2.38 bits per heavy atom. The van der Waals surface area contributed by atoms with Crippen molar-refractivity contribution < 1.29 is 13.2 Å². The van der Waals surface area contributed by atoms with Crippen LogP contribution in [0.2, 0.25) is 0 Å². The standard InChI is InChI=1S/C18H19N3O3S2/c1-3-26(22,23)21-18(25-13-14-7-5-4-6-8-14)19-17(20-21)15-9-11-16(24-2)12-10-15/h4-12H,3,13H2,1-2H3. The monoisotopic (exact) mass is 389 g/mol. The zero-order valence-corrected chi connectivity index (χ0v) is 16.1. The molecule has 0 spiro atoms. The molecule has 0 unspecified atom stereocenters. The molecule has 0 radical (unpaired) electrons. The summed E-state index contributed by atoms with van der Waals surface area (Å²) in [7, 11) is -1.94. The first-order chi connectivity index (χ1) is 12.5. The lowest BCUT2D eigenvalue weighted by Crippen LogP contribution is -2.17. The van der Waals surface area contributed by atoms with Crippen LogP contribution >= 0.6 is 11.8 Å². The number of benzene rings is 2. The maximum Gasteiger partial charge on any atom is 0.256 e. The topological polar surface area (TPSA) is 74.1 Å². The van der Waals surface area contributed by atoms with Crippen LogP contribution < -0.4 is 4.74 Å². The molecule has 6 nitrogen and oxygen atoms in total. The second-order valence-electron chi connectivity index (χ2n) is 5.46. The van der Waals surface area contributed by atoms with E-state index >= 15 is 0 Å². The first-order valence-corrected chi connectivity index (χ1v) is 10.6. The summed E-state index contributed by atoms with van der Waals surface area (Å²) >= 11 is 1.35. The van der Waals surface area contributed by atoms with E-state index in [9.17, 15) is 8.42 Å². The van der Waals surface area contributed by atoms with Crippen molar-refractivity contribution in [2.24, 2.45) is 0 Å². The van der Waals surface area contributed by atoms with Crippen molar-refractivity contribution in [2.75, 3.05) is 12.9 Å².